The number of fused-ring (bicyclic) bond motifs is 1. The number of ether oxygens (including phenoxy) is 1. The number of pyridine rings is 1. The molecular weight excluding hydrogens is 332 g/mol. The zero-order valence-electron chi connectivity index (χ0n) is 14.1. The molecule has 1 aliphatic heterocycles. The van der Waals surface area contributed by atoms with E-state index in [9.17, 15) is 4.79 Å². The number of carbonyl (C=O) groups is 1. The van der Waals surface area contributed by atoms with Crippen LogP contribution in [0.25, 0.3) is 11.4 Å². The largest absolute Gasteiger partial charge is 0.480 e. The molecule has 3 aromatic rings. The molecule has 0 radical (unpaired) electrons. The van der Waals surface area contributed by atoms with Gasteiger partial charge in [0.25, 0.3) is 5.91 Å². The number of amides is 1. The van der Waals surface area contributed by atoms with Crippen LogP contribution in [0.15, 0.2) is 53.3 Å². The van der Waals surface area contributed by atoms with Gasteiger partial charge in [-0.1, -0.05) is 23.4 Å². The average molecular weight is 350 g/mol. The molecule has 3 heterocycles. The lowest BCUT2D eigenvalue weighted by Gasteiger charge is -2.25. The van der Waals surface area contributed by atoms with Gasteiger partial charge in [-0.15, -0.1) is 0 Å². The average Bonchev–Trinajstić information content (AvgIpc) is 3.17. The highest BCUT2D eigenvalue weighted by Crippen LogP contribution is 2.27. The summed E-state index contributed by atoms with van der Waals surface area (Å²) >= 11 is 0. The summed E-state index contributed by atoms with van der Waals surface area (Å²) in [4.78, 5) is 20.7. The van der Waals surface area contributed by atoms with Gasteiger partial charge < -0.3 is 14.6 Å². The van der Waals surface area contributed by atoms with E-state index in [1.807, 2.05) is 36.4 Å². The summed E-state index contributed by atoms with van der Waals surface area (Å²) in [5.74, 6) is 1.63. The number of nitrogens with one attached hydrogen (secondary N) is 1. The van der Waals surface area contributed by atoms with E-state index in [0.717, 1.165) is 23.3 Å². The number of hydrogen-bond acceptors (Lipinski definition) is 6. The van der Waals surface area contributed by atoms with Crippen molar-refractivity contribution < 1.29 is 14.1 Å². The molecule has 1 atom stereocenters. The highest BCUT2D eigenvalue weighted by molar-refractivity contribution is 5.81. The Morgan fingerprint density at radius 1 is 1.23 bits per heavy atom. The lowest BCUT2D eigenvalue weighted by Crippen LogP contribution is -2.41. The molecule has 1 aromatic carbocycles. The first-order valence-electron chi connectivity index (χ1n) is 8.55. The van der Waals surface area contributed by atoms with E-state index in [-0.39, 0.29) is 5.91 Å². The molecular formula is C19H18N4O3. The normalized spacial score (nSPS) is 15.8. The van der Waals surface area contributed by atoms with Gasteiger partial charge in [0.1, 0.15) is 5.75 Å². The number of aryl methyl sites for hydroxylation is 1. The third-order valence-electron chi connectivity index (χ3n) is 4.24. The number of aromatic nitrogens is 3. The number of benzene rings is 1. The Labute approximate surface area is 150 Å². The Morgan fingerprint density at radius 2 is 2.15 bits per heavy atom. The first-order valence-corrected chi connectivity index (χ1v) is 8.55. The fourth-order valence-corrected chi connectivity index (χ4v) is 2.88. The number of nitrogens with zero attached hydrogens (tertiary/aromatic N) is 3. The van der Waals surface area contributed by atoms with Crippen LogP contribution in [0.2, 0.25) is 0 Å². The molecule has 4 rings (SSSR count). The van der Waals surface area contributed by atoms with Crippen molar-refractivity contribution in [3.05, 3.63) is 60.2 Å². The zero-order valence-corrected chi connectivity index (χ0v) is 14.1. The molecule has 0 aliphatic carbocycles. The summed E-state index contributed by atoms with van der Waals surface area (Å²) < 4.78 is 11.0. The number of para-hydroxylation sites is 1. The lowest BCUT2D eigenvalue weighted by molar-refractivity contribution is -0.128. The van der Waals surface area contributed by atoms with Crippen LogP contribution >= 0.6 is 0 Å². The van der Waals surface area contributed by atoms with Gasteiger partial charge >= 0.3 is 0 Å². The third kappa shape index (κ3) is 3.56. The lowest BCUT2D eigenvalue weighted by atomic mass is 10.0. The Balaban J connectivity index is 1.29. The summed E-state index contributed by atoms with van der Waals surface area (Å²) in [5.41, 5.74) is 1.94. The van der Waals surface area contributed by atoms with Crippen molar-refractivity contribution in [1.82, 2.24) is 20.4 Å². The minimum atomic E-state index is -0.460. The summed E-state index contributed by atoms with van der Waals surface area (Å²) in [7, 11) is 0. The molecule has 7 nitrogen and oxygen atoms in total. The van der Waals surface area contributed by atoms with Gasteiger partial charge in [-0.3, -0.25) is 9.78 Å². The van der Waals surface area contributed by atoms with E-state index < -0.39 is 6.10 Å². The molecule has 0 bridgehead atoms. The van der Waals surface area contributed by atoms with E-state index in [2.05, 4.69) is 20.4 Å². The van der Waals surface area contributed by atoms with Crippen LogP contribution < -0.4 is 10.1 Å². The van der Waals surface area contributed by atoms with Crippen molar-refractivity contribution in [2.45, 2.75) is 25.4 Å². The van der Waals surface area contributed by atoms with Gasteiger partial charge in [0, 0.05) is 30.9 Å². The monoisotopic (exact) mass is 350 g/mol. The second-order valence-electron chi connectivity index (χ2n) is 6.05. The fourth-order valence-electron chi connectivity index (χ4n) is 2.88. The molecule has 1 amide bonds. The van der Waals surface area contributed by atoms with E-state index in [0.29, 0.717) is 31.1 Å². The highest BCUT2D eigenvalue weighted by Gasteiger charge is 2.25. The number of carbonyl (C=O) groups excluding carboxylic acids is 1. The van der Waals surface area contributed by atoms with Crippen molar-refractivity contribution in [3.8, 4) is 17.1 Å². The summed E-state index contributed by atoms with van der Waals surface area (Å²) in [6, 6.07) is 11.5. The Kier molecular flexibility index (Phi) is 4.59. The predicted molar refractivity (Wildman–Crippen MR) is 93.4 cm³/mol. The van der Waals surface area contributed by atoms with Crippen LogP contribution in [0.3, 0.4) is 0 Å². The molecule has 132 valence electrons. The topological polar surface area (TPSA) is 90.1 Å². The molecule has 2 aromatic heterocycles. The van der Waals surface area contributed by atoms with Gasteiger partial charge in [-0.05, 0) is 36.6 Å². The molecule has 26 heavy (non-hydrogen) atoms. The van der Waals surface area contributed by atoms with Gasteiger partial charge in [0.2, 0.25) is 11.7 Å². The van der Waals surface area contributed by atoms with Crippen molar-refractivity contribution in [3.63, 3.8) is 0 Å². The number of hydrogen-bond donors (Lipinski definition) is 1. The van der Waals surface area contributed by atoms with Crippen LogP contribution in [-0.4, -0.2) is 33.7 Å². The summed E-state index contributed by atoms with van der Waals surface area (Å²) in [5, 5.41) is 6.81. The maximum Gasteiger partial charge on any atom is 0.261 e. The third-order valence-corrected chi connectivity index (χ3v) is 4.24. The summed E-state index contributed by atoms with van der Waals surface area (Å²) in [6.45, 7) is 0.412. The van der Waals surface area contributed by atoms with Gasteiger partial charge in [0.15, 0.2) is 6.10 Å². The van der Waals surface area contributed by atoms with Gasteiger partial charge in [0.05, 0.1) is 0 Å². The van der Waals surface area contributed by atoms with Gasteiger partial charge in [-0.25, -0.2) is 0 Å². The van der Waals surface area contributed by atoms with Crippen molar-refractivity contribution in [2.75, 3.05) is 6.54 Å². The van der Waals surface area contributed by atoms with Gasteiger partial charge in [-0.2, -0.15) is 4.98 Å². The Hall–Kier alpha value is -3.22. The van der Waals surface area contributed by atoms with Crippen LogP contribution in [0.1, 0.15) is 17.9 Å². The maximum atomic E-state index is 12.3. The first-order chi connectivity index (χ1) is 12.8. The van der Waals surface area contributed by atoms with E-state index in [1.54, 1.807) is 12.4 Å². The molecule has 7 heteroatoms. The zero-order chi connectivity index (χ0) is 17.8. The minimum Gasteiger partial charge on any atom is -0.480 e. The highest BCUT2D eigenvalue weighted by atomic mass is 16.5. The molecule has 1 aliphatic rings. The van der Waals surface area contributed by atoms with Crippen LogP contribution in [-0.2, 0) is 17.6 Å². The van der Waals surface area contributed by atoms with E-state index in [4.69, 9.17) is 9.26 Å². The van der Waals surface area contributed by atoms with E-state index in [1.165, 1.54) is 0 Å². The fraction of sp³-hybridized carbons (Fsp3) is 0.263. The molecule has 1 N–H and O–H groups in total. The summed E-state index contributed by atoms with van der Waals surface area (Å²) in [6.07, 6.45) is 4.88. The van der Waals surface area contributed by atoms with Crippen molar-refractivity contribution >= 4 is 5.91 Å². The molecule has 0 saturated heterocycles. The predicted octanol–water partition coefficient (Wildman–Crippen LogP) is 2.18. The SMILES string of the molecule is O=C(NCCc1nc(-c2cccnc2)no1)[C@H]1CCc2ccccc2O1. The van der Waals surface area contributed by atoms with Crippen LogP contribution in [0.4, 0.5) is 0 Å². The molecule has 0 saturated carbocycles. The minimum absolute atomic E-state index is 0.119. The Morgan fingerprint density at radius 3 is 3.04 bits per heavy atom. The smallest absolute Gasteiger partial charge is 0.261 e. The van der Waals surface area contributed by atoms with E-state index >= 15 is 0 Å². The molecule has 0 unspecified atom stereocenters. The quantitative estimate of drug-likeness (QED) is 0.758. The van der Waals surface area contributed by atoms with Crippen LogP contribution in [0, 0.1) is 0 Å². The maximum absolute atomic E-state index is 12.3. The second-order valence-corrected chi connectivity index (χ2v) is 6.05. The Bertz CT molecular complexity index is 895. The van der Waals surface area contributed by atoms with Crippen molar-refractivity contribution in [2.24, 2.45) is 0 Å². The van der Waals surface area contributed by atoms with Crippen LogP contribution in [0.5, 0.6) is 5.75 Å². The second kappa shape index (κ2) is 7.35. The molecule has 0 spiro atoms. The van der Waals surface area contributed by atoms with Crippen molar-refractivity contribution in [1.29, 1.82) is 0 Å². The first kappa shape index (κ1) is 16.3. The molecule has 0 fully saturated rings. The number of rotatable bonds is 5. The standard InChI is InChI=1S/C19H18N4O3/c24-19(16-8-7-13-4-1-2-6-15(13)25-16)21-11-9-17-22-18(23-26-17)14-5-3-10-20-12-14/h1-6,10,12,16H,7-9,11H2,(H,21,24)/t16-/m1/s1.